The topological polar surface area (TPSA) is 102 Å². The highest BCUT2D eigenvalue weighted by Gasteiger charge is 2.13. The number of rotatable bonds is 8. The van der Waals surface area contributed by atoms with Crippen molar-refractivity contribution in [3.8, 4) is 17.9 Å². The minimum atomic E-state index is -0.407. The number of para-hydroxylation sites is 1. The van der Waals surface area contributed by atoms with E-state index in [9.17, 15) is 15.3 Å². The molecule has 0 aliphatic heterocycles. The van der Waals surface area contributed by atoms with Crippen LogP contribution in [0, 0.1) is 29.8 Å². The van der Waals surface area contributed by atoms with Crippen molar-refractivity contribution in [1.82, 2.24) is 10.3 Å². The molecule has 3 aromatic carbocycles. The van der Waals surface area contributed by atoms with Crippen LogP contribution in [0.4, 0.5) is 0 Å². The number of hydrogen-bond acceptors (Lipinski definition) is 4. The van der Waals surface area contributed by atoms with Crippen LogP contribution in [-0.2, 0) is 17.8 Å². The van der Waals surface area contributed by atoms with Gasteiger partial charge in [0.05, 0.1) is 18.8 Å². The highest BCUT2D eigenvalue weighted by molar-refractivity contribution is 14.1. The van der Waals surface area contributed by atoms with Gasteiger partial charge in [-0.25, -0.2) is 0 Å². The molecule has 0 atom stereocenters. The zero-order valence-electron chi connectivity index (χ0n) is 19.0. The number of ether oxygens (including phenoxy) is 1. The Kier molecular flexibility index (Phi) is 8.62. The predicted octanol–water partition coefficient (Wildman–Crippen LogP) is 6.09. The van der Waals surface area contributed by atoms with Crippen molar-refractivity contribution >= 4 is 68.1 Å². The largest absolute Gasteiger partial charge is 0.487 e. The standard InChI is InChI=1S/C28H20I2N4O2/c29-24-12-18(13-25(30)27(24)36-17-21-6-2-1-5-19(21)14-31)11-22(15-32)28(35)33-10-9-20-16-34-26-8-4-3-7-23(20)26/h1-8,11-13,16,34H,9-10,17H2,(H,33,35)/b22-11-. The third-order valence-electron chi connectivity index (χ3n) is 5.56. The molecular weight excluding hydrogens is 678 g/mol. The summed E-state index contributed by atoms with van der Waals surface area (Å²) in [6, 6.07) is 23.3. The smallest absolute Gasteiger partial charge is 0.261 e. The Labute approximate surface area is 236 Å². The van der Waals surface area contributed by atoms with Gasteiger partial charge in [-0.05, 0) is 93.1 Å². The molecule has 0 saturated heterocycles. The van der Waals surface area contributed by atoms with Crippen LogP contribution in [0.3, 0.4) is 0 Å². The van der Waals surface area contributed by atoms with Crippen LogP contribution in [0.15, 0.2) is 72.4 Å². The van der Waals surface area contributed by atoms with Crippen molar-refractivity contribution < 1.29 is 9.53 Å². The Morgan fingerprint density at radius 3 is 2.50 bits per heavy atom. The quantitative estimate of drug-likeness (QED) is 0.132. The first-order valence-corrected chi connectivity index (χ1v) is 13.2. The van der Waals surface area contributed by atoms with Gasteiger partial charge in [-0.3, -0.25) is 4.79 Å². The third-order valence-corrected chi connectivity index (χ3v) is 7.16. The van der Waals surface area contributed by atoms with Gasteiger partial charge in [0.1, 0.15) is 24.0 Å². The van der Waals surface area contributed by atoms with E-state index in [1.54, 1.807) is 12.1 Å². The van der Waals surface area contributed by atoms with Crippen LogP contribution in [0.25, 0.3) is 17.0 Å². The molecule has 1 aromatic heterocycles. The lowest BCUT2D eigenvalue weighted by Crippen LogP contribution is -2.26. The van der Waals surface area contributed by atoms with E-state index in [4.69, 9.17) is 4.74 Å². The van der Waals surface area contributed by atoms with Crippen molar-refractivity contribution in [2.24, 2.45) is 0 Å². The van der Waals surface area contributed by atoms with Crippen molar-refractivity contribution in [3.63, 3.8) is 0 Å². The fourth-order valence-corrected chi connectivity index (χ4v) is 5.89. The van der Waals surface area contributed by atoms with Gasteiger partial charge in [0.25, 0.3) is 5.91 Å². The summed E-state index contributed by atoms with van der Waals surface area (Å²) in [5.41, 5.74) is 4.34. The molecule has 0 saturated carbocycles. The third kappa shape index (κ3) is 6.07. The number of aromatic amines is 1. The summed E-state index contributed by atoms with van der Waals surface area (Å²) in [4.78, 5) is 15.9. The highest BCUT2D eigenvalue weighted by Crippen LogP contribution is 2.31. The summed E-state index contributed by atoms with van der Waals surface area (Å²) in [6.45, 7) is 0.693. The van der Waals surface area contributed by atoms with Gasteiger partial charge in [-0.1, -0.05) is 36.4 Å². The second-order valence-electron chi connectivity index (χ2n) is 7.91. The molecule has 8 heteroatoms. The van der Waals surface area contributed by atoms with Gasteiger partial charge >= 0.3 is 0 Å². The Morgan fingerprint density at radius 2 is 1.75 bits per heavy atom. The maximum absolute atomic E-state index is 12.7. The first-order valence-electron chi connectivity index (χ1n) is 11.0. The fraction of sp³-hybridized carbons (Fsp3) is 0.107. The Balaban J connectivity index is 1.42. The number of halogens is 2. The molecule has 0 aliphatic rings. The summed E-state index contributed by atoms with van der Waals surface area (Å²) in [7, 11) is 0. The molecule has 0 aliphatic carbocycles. The summed E-state index contributed by atoms with van der Waals surface area (Å²) >= 11 is 4.35. The van der Waals surface area contributed by atoms with Crippen molar-refractivity contribution in [3.05, 3.63) is 102 Å². The van der Waals surface area contributed by atoms with E-state index in [0.29, 0.717) is 24.3 Å². The van der Waals surface area contributed by atoms with Crippen molar-refractivity contribution in [1.29, 1.82) is 10.5 Å². The van der Waals surface area contributed by atoms with Gasteiger partial charge in [-0.15, -0.1) is 0 Å². The number of nitrogens with one attached hydrogen (secondary N) is 2. The molecule has 0 fully saturated rings. The summed E-state index contributed by atoms with van der Waals surface area (Å²) in [5.74, 6) is 0.290. The normalized spacial score (nSPS) is 11.1. The first kappa shape index (κ1) is 25.7. The van der Waals surface area contributed by atoms with E-state index >= 15 is 0 Å². The zero-order chi connectivity index (χ0) is 25.5. The molecule has 6 nitrogen and oxygen atoms in total. The molecule has 4 aromatic rings. The lowest BCUT2D eigenvalue weighted by Gasteiger charge is -2.12. The van der Waals surface area contributed by atoms with Crippen LogP contribution in [0.2, 0.25) is 0 Å². The van der Waals surface area contributed by atoms with Crippen LogP contribution in [-0.4, -0.2) is 17.4 Å². The number of carbonyl (C=O) groups is 1. The number of H-pyrrole nitrogens is 1. The number of hydrogen-bond donors (Lipinski definition) is 2. The molecule has 0 bridgehead atoms. The Hall–Kier alpha value is -3.35. The average Bonchev–Trinajstić information content (AvgIpc) is 3.30. The lowest BCUT2D eigenvalue weighted by molar-refractivity contribution is -0.117. The fourth-order valence-electron chi connectivity index (χ4n) is 3.77. The maximum Gasteiger partial charge on any atom is 0.261 e. The van der Waals surface area contributed by atoms with E-state index < -0.39 is 5.91 Å². The van der Waals surface area contributed by atoms with E-state index in [1.165, 1.54) is 0 Å². The van der Waals surface area contributed by atoms with Crippen LogP contribution in [0.1, 0.15) is 22.3 Å². The summed E-state index contributed by atoms with van der Waals surface area (Å²) in [5, 5.41) is 22.9. The van der Waals surface area contributed by atoms with Crippen molar-refractivity contribution in [2.45, 2.75) is 13.0 Å². The van der Waals surface area contributed by atoms with Gasteiger partial charge in [-0.2, -0.15) is 10.5 Å². The molecule has 1 amide bonds. The van der Waals surface area contributed by atoms with Crippen LogP contribution >= 0.6 is 45.2 Å². The highest BCUT2D eigenvalue weighted by atomic mass is 127. The molecule has 36 heavy (non-hydrogen) atoms. The number of carbonyl (C=O) groups excluding carboxylic acids is 1. The molecule has 0 unspecified atom stereocenters. The number of nitrogens with zero attached hydrogens (tertiary/aromatic N) is 2. The monoisotopic (exact) mass is 698 g/mol. The molecule has 4 rings (SSSR count). The van der Waals surface area contributed by atoms with E-state index in [-0.39, 0.29) is 12.2 Å². The molecule has 2 N–H and O–H groups in total. The predicted molar refractivity (Wildman–Crippen MR) is 156 cm³/mol. The number of amides is 1. The molecule has 0 spiro atoms. The van der Waals surface area contributed by atoms with Crippen molar-refractivity contribution in [2.75, 3.05) is 6.54 Å². The van der Waals surface area contributed by atoms with Crippen LogP contribution in [0.5, 0.6) is 5.75 Å². The van der Waals surface area contributed by atoms with E-state index in [0.717, 1.165) is 34.7 Å². The molecule has 1 heterocycles. The second kappa shape index (κ2) is 12.1. The Bertz CT molecular complexity index is 1520. The first-order chi connectivity index (χ1) is 17.5. The number of fused-ring (bicyclic) bond motifs is 1. The maximum atomic E-state index is 12.7. The molecule has 0 radical (unpaired) electrons. The lowest BCUT2D eigenvalue weighted by atomic mass is 10.1. The summed E-state index contributed by atoms with van der Waals surface area (Å²) < 4.78 is 7.70. The molecule has 178 valence electrons. The molecular formula is C28H20I2N4O2. The number of nitriles is 2. The van der Waals surface area contributed by atoms with Gasteiger partial charge in [0, 0.05) is 29.2 Å². The van der Waals surface area contributed by atoms with E-state index in [1.807, 2.05) is 66.9 Å². The zero-order valence-corrected chi connectivity index (χ0v) is 23.3. The average molecular weight is 698 g/mol. The van der Waals surface area contributed by atoms with E-state index in [2.05, 4.69) is 61.6 Å². The SMILES string of the molecule is N#C/C(=C/c1cc(I)c(OCc2ccccc2C#N)c(I)c1)C(=O)NCCc1c[nH]c2ccccc12. The van der Waals surface area contributed by atoms with Gasteiger partial charge < -0.3 is 15.0 Å². The Morgan fingerprint density at radius 1 is 1.03 bits per heavy atom. The summed E-state index contributed by atoms with van der Waals surface area (Å²) in [6.07, 6.45) is 4.19. The second-order valence-corrected chi connectivity index (χ2v) is 10.2. The number of benzene rings is 3. The minimum Gasteiger partial charge on any atom is -0.487 e. The van der Waals surface area contributed by atoms with Crippen LogP contribution < -0.4 is 10.1 Å². The minimum absolute atomic E-state index is 0.0390. The van der Waals surface area contributed by atoms with Gasteiger partial charge in [0.2, 0.25) is 0 Å². The van der Waals surface area contributed by atoms with Gasteiger partial charge in [0.15, 0.2) is 0 Å². The number of aromatic nitrogens is 1.